The summed E-state index contributed by atoms with van der Waals surface area (Å²) in [5, 5.41) is 16.1. The third-order valence-electron chi connectivity index (χ3n) is 2.92. The lowest BCUT2D eigenvalue weighted by Crippen LogP contribution is -2.23. The Morgan fingerprint density at radius 1 is 1.45 bits per heavy atom. The van der Waals surface area contributed by atoms with Crippen LogP contribution in [0.15, 0.2) is 30.5 Å². The average molecular weight is 276 g/mol. The predicted molar refractivity (Wildman–Crippen MR) is 73.2 cm³/mol. The Morgan fingerprint density at radius 2 is 2.20 bits per heavy atom. The Bertz CT molecular complexity index is 597. The molecule has 106 valence electrons. The van der Waals surface area contributed by atoms with Crippen LogP contribution in [0.1, 0.15) is 10.5 Å². The molecule has 1 aromatic carbocycles. The molecule has 0 saturated heterocycles. The zero-order chi connectivity index (χ0) is 14.5. The van der Waals surface area contributed by atoms with Crippen LogP contribution in [0.5, 0.6) is 5.75 Å². The van der Waals surface area contributed by atoms with Gasteiger partial charge in [0.25, 0.3) is 0 Å². The minimum absolute atomic E-state index is 0.0510. The summed E-state index contributed by atoms with van der Waals surface area (Å²) in [6, 6.07) is 7.70. The van der Waals surface area contributed by atoms with Crippen molar-refractivity contribution in [1.29, 1.82) is 0 Å². The number of rotatable bonds is 6. The van der Waals surface area contributed by atoms with Crippen LogP contribution >= 0.6 is 0 Å². The standard InChI is InChI=1S/C13H16N4O3/c1-16(11-5-3-4-6-12(11)20-2)7-8-17-9-10(13(18)19)14-15-17/h3-6,9H,7-8H2,1-2H3,(H,18,19). The Balaban J connectivity index is 2.00. The van der Waals surface area contributed by atoms with Crippen molar-refractivity contribution >= 4 is 11.7 Å². The lowest BCUT2D eigenvalue weighted by atomic mass is 10.2. The number of nitrogens with zero attached hydrogens (tertiary/aromatic N) is 4. The summed E-state index contributed by atoms with van der Waals surface area (Å²) in [6.07, 6.45) is 1.42. The molecule has 0 fully saturated rings. The number of hydrogen-bond acceptors (Lipinski definition) is 5. The van der Waals surface area contributed by atoms with Gasteiger partial charge >= 0.3 is 5.97 Å². The number of methoxy groups -OCH3 is 1. The fourth-order valence-electron chi connectivity index (χ4n) is 1.82. The molecule has 0 amide bonds. The molecule has 2 aromatic rings. The Labute approximate surface area is 116 Å². The average Bonchev–Trinajstić information content (AvgIpc) is 2.94. The van der Waals surface area contributed by atoms with Gasteiger partial charge < -0.3 is 14.7 Å². The highest BCUT2D eigenvalue weighted by atomic mass is 16.5. The minimum Gasteiger partial charge on any atom is -0.495 e. The number of benzene rings is 1. The summed E-state index contributed by atoms with van der Waals surface area (Å²) >= 11 is 0. The van der Waals surface area contributed by atoms with Gasteiger partial charge in [0.15, 0.2) is 5.69 Å². The third-order valence-corrected chi connectivity index (χ3v) is 2.92. The zero-order valence-electron chi connectivity index (χ0n) is 11.4. The maximum atomic E-state index is 10.7. The van der Waals surface area contributed by atoms with Crippen molar-refractivity contribution in [3.05, 3.63) is 36.2 Å². The van der Waals surface area contributed by atoms with Crippen LogP contribution in [-0.2, 0) is 6.54 Å². The summed E-state index contributed by atoms with van der Waals surface area (Å²) in [5.41, 5.74) is 0.915. The molecular formula is C13H16N4O3. The summed E-state index contributed by atoms with van der Waals surface area (Å²) in [5.74, 6) is -0.283. The fourth-order valence-corrected chi connectivity index (χ4v) is 1.82. The van der Waals surface area contributed by atoms with Gasteiger partial charge in [0, 0.05) is 13.6 Å². The van der Waals surface area contributed by atoms with Crippen LogP contribution in [0.3, 0.4) is 0 Å². The van der Waals surface area contributed by atoms with E-state index < -0.39 is 5.97 Å². The molecule has 0 aliphatic carbocycles. The molecule has 0 saturated carbocycles. The van der Waals surface area contributed by atoms with Crippen LogP contribution < -0.4 is 9.64 Å². The second-order valence-electron chi connectivity index (χ2n) is 4.27. The van der Waals surface area contributed by atoms with Crippen molar-refractivity contribution in [2.75, 3.05) is 25.6 Å². The number of ether oxygens (including phenoxy) is 1. The lowest BCUT2D eigenvalue weighted by Gasteiger charge is -2.21. The summed E-state index contributed by atoms with van der Waals surface area (Å²) < 4.78 is 6.81. The van der Waals surface area contributed by atoms with E-state index in [2.05, 4.69) is 10.3 Å². The Hall–Kier alpha value is -2.57. The molecular weight excluding hydrogens is 260 g/mol. The maximum Gasteiger partial charge on any atom is 0.358 e. The van der Waals surface area contributed by atoms with Gasteiger partial charge in [-0.2, -0.15) is 0 Å². The maximum absolute atomic E-state index is 10.7. The van der Waals surface area contributed by atoms with E-state index in [0.717, 1.165) is 11.4 Å². The first-order chi connectivity index (χ1) is 9.61. The number of likely N-dealkylation sites (N-methyl/N-ethyl adjacent to an activating group) is 1. The monoisotopic (exact) mass is 276 g/mol. The topological polar surface area (TPSA) is 80.5 Å². The second kappa shape index (κ2) is 6.05. The largest absolute Gasteiger partial charge is 0.495 e. The highest BCUT2D eigenvalue weighted by Gasteiger charge is 2.10. The van der Waals surface area contributed by atoms with E-state index in [0.29, 0.717) is 13.1 Å². The van der Waals surface area contributed by atoms with E-state index in [1.807, 2.05) is 36.2 Å². The minimum atomic E-state index is -1.07. The van der Waals surface area contributed by atoms with Gasteiger partial charge in [-0.25, -0.2) is 9.48 Å². The number of para-hydroxylation sites is 2. The van der Waals surface area contributed by atoms with E-state index in [4.69, 9.17) is 9.84 Å². The smallest absolute Gasteiger partial charge is 0.358 e. The first-order valence-corrected chi connectivity index (χ1v) is 6.09. The molecule has 0 radical (unpaired) electrons. The molecule has 2 rings (SSSR count). The van der Waals surface area contributed by atoms with Gasteiger partial charge in [-0.1, -0.05) is 17.3 Å². The fraction of sp³-hybridized carbons (Fsp3) is 0.308. The van der Waals surface area contributed by atoms with E-state index >= 15 is 0 Å². The first-order valence-electron chi connectivity index (χ1n) is 6.09. The number of carbonyl (C=O) groups is 1. The lowest BCUT2D eigenvalue weighted by molar-refractivity contribution is 0.0690. The summed E-state index contributed by atoms with van der Waals surface area (Å²) in [6.45, 7) is 1.19. The highest BCUT2D eigenvalue weighted by molar-refractivity contribution is 5.84. The molecule has 7 nitrogen and oxygen atoms in total. The molecule has 0 atom stereocenters. The number of carboxylic acids is 1. The first kappa shape index (κ1) is 13.9. The molecule has 0 bridgehead atoms. The van der Waals surface area contributed by atoms with Gasteiger partial charge in [0.05, 0.1) is 25.5 Å². The van der Waals surface area contributed by atoms with Crippen LogP contribution in [0.2, 0.25) is 0 Å². The molecule has 7 heteroatoms. The number of hydrogen-bond donors (Lipinski definition) is 1. The van der Waals surface area contributed by atoms with Gasteiger partial charge in [0.2, 0.25) is 0 Å². The Kier molecular flexibility index (Phi) is 4.19. The number of carboxylic acid groups (broad SMARTS) is 1. The van der Waals surface area contributed by atoms with Crippen molar-refractivity contribution in [2.45, 2.75) is 6.54 Å². The third kappa shape index (κ3) is 3.05. The van der Waals surface area contributed by atoms with Crippen molar-refractivity contribution < 1.29 is 14.6 Å². The van der Waals surface area contributed by atoms with E-state index in [1.54, 1.807) is 7.11 Å². The number of aromatic carboxylic acids is 1. The molecule has 0 aliphatic rings. The molecule has 20 heavy (non-hydrogen) atoms. The van der Waals surface area contributed by atoms with Gasteiger partial charge in [-0.05, 0) is 12.1 Å². The van der Waals surface area contributed by atoms with Crippen molar-refractivity contribution in [1.82, 2.24) is 15.0 Å². The molecule has 0 aliphatic heterocycles. The number of anilines is 1. The Morgan fingerprint density at radius 3 is 2.85 bits per heavy atom. The van der Waals surface area contributed by atoms with Crippen LogP contribution in [0, 0.1) is 0 Å². The number of aromatic nitrogens is 3. The quantitative estimate of drug-likeness (QED) is 0.851. The van der Waals surface area contributed by atoms with Crippen LogP contribution in [-0.4, -0.2) is 46.8 Å². The van der Waals surface area contributed by atoms with Crippen molar-refractivity contribution in [3.63, 3.8) is 0 Å². The predicted octanol–water partition coefficient (Wildman–Crippen LogP) is 1.12. The van der Waals surface area contributed by atoms with Gasteiger partial charge in [-0.15, -0.1) is 5.10 Å². The van der Waals surface area contributed by atoms with Crippen molar-refractivity contribution in [2.24, 2.45) is 0 Å². The van der Waals surface area contributed by atoms with Crippen LogP contribution in [0.25, 0.3) is 0 Å². The highest BCUT2D eigenvalue weighted by Crippen LogP contribution is 2.26. The SMILES string of the molecule is COc1ccccc1N(C)CCn1cc(C(=O)O)nn1. The van der Waals surface area contributed by atoms with E-state index in [1.165, 1.54) is 10.9 Å². The van der Waals surface area contributed by atoms with Crippen molar-refractivity contribution in [3.8, 4) is 5.75 Å². The molecule has 1 N–H and O–H groups in total. The summed E-state index contributed by atoms with van der Waals surface area (Å²) in [4.78, 5) is 12.7. The van der Waals surface area contributed by atoms with E-state index in [-0.39, 0.29) is 5.69 Å². The summed E-state index contributed by atoms with van der Waals surface area (Å²) in [7, 11) is 3.57. The van der Waals surface area contributed by atoms with Gasteiger partial charge in [0.1, 0.15) is 5.75 Å². The molecule has 1 heterocycles. The normalized spacial score (nSPS) is 10.3. The molecule has 0 spiro atoms. The van der Waals surface area contributed by atoms with E-state index in [9.17, 15) is 4.79 Å². The van der Waals surface area contributed by atoms with Crippen LogP contribution in [0.4, 0.5) is 5.69 Å². The molecule has 0 unspecified atom stereocenters. The van der Waals surface area contributed by atoms with Gasteiger partial charge in [-0.3, -0.25) is 0 Å². The molecule has 1 aromatic heterocycles. The second-order valence-corrected chi connectivity index (χ2v) is 4.27. The zero-order valence-corrected chi connectivity index (χ0v) is 11.4.